The molecule has 2 fully saturated rings. The minimum atomic E-state index is -1.19. The van der Waals surface area contributed by atoms with E-state index < -0.39 is 11.0 Å². The summed E-state index contributed by atoms with van der Waals surface area (Å²) < 4.78 is 15.0. The number of fused-ring (bicyclic) bond motifs is 1. The highest BCUT2D eigenvalue weighted by atomic mass is 35.5. The van der Waals surface area contributed by atoms with Gasteiger partial charge in [-0.05, 0) is 31.7 Å². The Morgan fingerprint density at radius 3 is 2.83 bits per heavy atom. The molecule has 0 spiro atoms. The van der Waals surface area contributed by atoms with E-state index in [0.717, 1.165) is 47.6 Å². The predicted octanol–water partition coefficient (Wildman–Crippen LogP) is 2.98. The molecule has 1 aliphatic carbocycles. The number of halogens is 1. The van der Waals surface area contributed by atoms with Crippen molar-refractivity contribution in [2.45, 2.75) is 30.2 Å². The first kappa shape index (κ1) is 15.5. The molecule has 4 rings (SSSR count). The van der Waals surface area contributed by atoms with Gasteiger partial charge in [-0.2, -0.15) is 0 Å². The van der Waals surface area contributed by atoms with Crippen LogP contribution in [-0.2, 0) is 11.0 Å². The molecule has 2 aromatic rings. The lowest BCUT2D eigenvalue weighted by molar-refractivity contribution is 0.484. The fourth-order valence-corrected chi connectivity index (χ4v) is 4.70. The SMILES string of the molecule is O=S(c1cnc(Cl)c2ccccc12)N1CCC(NCC2CC2)C1. The van der Waals surface area contributed by atoms with Crippen LogP contribution in [0.2, 0.25) is 5.15 Å². The molecule has 0 radical (unpaired) electrons. The van der Waals surface area contributed by atoms with E-state index in [2.05, 4.69) is 10.3 Å². The Morgan fingerprint density at radius 2 is 2.04 bits per heavy atom. The van der Waals surface area contributed by atoms with Crippen molar-refractivity contribution >= 4 is 33.4 Å². The van der Waals surface area contributed by atoms with Gasteiger partial charge in [0, 0.05) is 36.1 Å². The van der Waals surface area contributed by atoms with Crippen LogP contribution in [0, 0.1) is 5.92 Å². The lowest BCUT2D eigenvalue weighted by atomic mass is 10.2. The van der Waals surface area contributed by atoms with Gasteiger partial charge in [0.1, 0.15) is 16.1 Å². The molecule has 6 heteroatoms. The van der Waals surface area contributed by atoms with E-state index in [0.29, 0.717) is 11.2 Å². The Morgan fingerprint density at radius 1 is 1.26 bits per heavy atom. The van der Waals surface area contributed by atoms with Crippen LogP contribution in [0.1, 0.15) is 19.3 Å². The fourth-order valence-electron chi connectivity index (χ4n) is 3.11. The lowest BCUT2D eigenvalue weighted by Crippen LogP contribution is -2.34. The highest BCUT2D eigenvalue weighted by molar-refractivity contribution is 7.83. The third-order valence-corrected chi connectivity index (χ3v) is 6.48. The normalized spacial score (nSPS) is 23.4. The molecule has 2 unspecified atom stereocenters. The van der Waals surface area contributed by atoms with Gasteiger partial charge in [0.05, 0.1) is 4.90 Å². The zero-order valence-electron chi connectivity index (χ0n) is 12.9. The van der Waals surface area contributed by atoms with Crippen molar-refractivity contribution in [3.8, 4) is 0 Å². The summed E-state index contributed by atoms with van der Waals surface area (Å²) in [6.45, 7) is 2.79. The first-order valence-corrected chi connectivity index (χ1v) is 9.64. The van der Waals surface area contributed by atoms with Gasteiger partial charge in [-0.25, -0.2) is 13.5 Å². The second kappa shape index (κ2) is 6.48. The molecule has 1 saturated carbocycles. The first-order chi connectivity index (χ1) is 11.2. The summed E-state index contributed by atoms with van der Waals surface area (Å²) in [7, 11) is -1.19. The third kappa shape index (κ3) is 3.29. The second-order valence-corrected chi connectivity index (χ2v) is 8.25. The summed E-state index contributed by atoms with van der Waals surface area (Å²) in [6, 6.07) is 8.22. The summed E-state index contributed by atoms with van der Waals surface area (Å²) in [5.74, 6) is 0.874. The van der Waals surface area contributed by atoms with Crippen LogP contribution in [0.5, 0.6) is 0 Å². The van der Waals surface area contributed by atoms with Crippen LogP contribution >= 0.6 is 11.6 Å². The molecular weight excluding hydrogens is 330 g/mol. The Kier molecular flexibility index (Phi) is 4.37. The smallest absolute Gasteiger partial charge is 0.136 e. The Hall–Kier alpha value is -1.01. The number of hydrogen-bond acceptors (Lipinski definition) is 3. The van der Waals surface area contributed by atoms with Gasteiger partial charge in [0.25, 0.3) is 0 Å². The average Bonchev–Trinajstić information content (AvgIpc) is 3.29. The molecule has 0 amide bonds. The predicted molar refractivity (Wildman–Crippen MR) is 93.9 cm³/mol. The monoisotopic (exact) mass is 349 g/mol. The lowest BCUT2D eigenvalue weighted by Gasteiger charge is -2.17. The maximum Gasteiger partial charge on any atom is 0.136 e. The van der Waals surface area contributed by atoms with Crippen LogP contribution < -0.4 is 5.32 Å². The van der Waals surface area contributed by atoms with Gasteiger partial charge in [-0.1, -0.05) is 35.9 Å². The molecule has 23 heavy (non-hydrogen) atoms. The number of aromatic nitrogens is 1. The summed E-state index contributed by atoms with van der Waals surface area (Å²) >= 11 is 6.16. The number of pyridine rings is 1. The van der Waals surface area contributed by atoms with Crippen molar-refractivity contribution in [2.24, 2.45) is 5.92 Å². The first-order valence-electron chi connectivity index (χ1n) is 8.16. The second-order valence-electron chi connectivity index (χ2n) is 6.43. The average molecular weight is 350 g/mol. The molecule has 4 nitrogen and oxygen atoms in total. The van der Waals surface area contributed by atoms with Crippen LogP contribution in [0.25, 0.3) is 10.8 Å². The molecule has 1 aromatic heterocycles. The Labute approximate surface area is 143 Å². The highest BCUT2D eigenvalue weighted by Crippen LogP contribution is 2.30. The van der Waals surface area contributed by atoms with Crippen molar-refractivity contribution in [1.29, 1.82) is 0 Å². The topological polar surface area (TPSA) is 45.2 Å². The summed E-state index contributed by atoms with van der Waals surface area (Å²) in [5, 5.41) is 5.87. The number of benzene rings is 1. The zero-order chi connectivity index (χ0) is 15.8. The van der Waals surface area contributed by atoms with E-state index in [9.17, 15) is 4.21 Å². The van der Waals surface area contributed by atoms with E-state index in [4.69, 9.17) is 11.6 Å². The third-order valence-electron chi connectivity index (χ3n) is 4.68. The van der Waals surface area contributed by atoms with Crippen LogP contribution in [0.3, 0.4) is 0 Å². The largest absolute Gasteiger partial charge is 0.312 e. The fraction of sp³-hybridized carbons (Fsp3) is 0.471. The van der Waals surface area contributed by atoms with Gasteiger partial charge in [-0.15, -0.1) is 0 Å². The number of nitrogens with zero attached hydrogens (tertiary/aromatic N) is 2. The summed E-state index contributed by atoms with van der Waals surface area (Å²) in [6.07, 6.45) is 5.43. The van der Waals surface area contributed by atoms with E-state index in [1.807, 2.05) is 28.6 Å². The molecule has 2 atom stereocenters. The molecule has 1 aliphatic heterocycles. The molecule has 2 heterocycles. The van der Waals surface area contributed by atoms with E-state index in [-0.39, 0.29) is 0 Å². The minimum Gasteiger partial charge on any atom is -0.312 e. The van der Waals surface area contributed by atoms with Crippen LogP contribution in [0.15, 0.2) is 35.4 Å². The van der Waals surface area contributed by atoms with Gasteiger partial charge >= 0.3 is 0 Å². The van der Waals surface area contributed by atoms with E-state index >= 15 is 0 Å². The minimum absolute atomic E-state index is 0.450. The quantitative estimate of drug-likeness (QED) is 0.844. The zero-order valence-corrected chi connectivity index (χ0v) is 14.4. The molecule has 0 bridgehead atoms. The summed E-state index contributed by atoms with van der Waals surface area (Å²) in [5.41, 5.74) is 0. The van der Waals surface area contributed by atoms with Crippen molar-refractivity contribution in [1.82, 2.24) is 14.6 Å². The van der Waals surface area contributed by atoms with Crippen molar-refractivity contribution in [3.05, 3.63) is 35.6 Å². The molecule has 1 saturated heterocycles. The maximum absolute atomic E-state index is 13.0. The van der Waals surface area contributed by atoms with Crippen LogP contribution in [-0.4, -0.2) is 39.2 Å². The number of hydrogen-bond donors (Lipinski definition) is 1. The van der Waals surface area contributed by atoms with Crippen molar-refractivity contribution < 1.29 is 4.21 Å². The van der Waals surface area contributed by atoms with Gasteiger partial charge in [0.15, 0.2) is 0 Å². The number of nitrogens with one attached hydrogen (secondary N) is 1. The van der Waals surface area contributed by atoms with Gasteiger partial charge in [-0.3, -0.25) is 0 Å². The van der Waals surface area contributed by atoms with E-state index in [1.165, 1.54) is 12.8 Å². The van der Waals surface area contributed by atoms with E-state index in [1.54, 1.807) is 6.20 Å². The summed E-state index contributed by atoms with van der Waals surface area (Å²) in [4.78, 5) is 4.97. The molecular formula is C17H20ClN3OS. The van der Waals surface area contributed by atoms with Crippen molar-refractivity contribution in [3.63, 3.8) is 0 Å². The van der Waals surface area contributed by atoms with Crippen LogP contribution in [0.4, 0.5) is 0 Å². The van der Waals surface area contributed by atoms with Gasteiger partial charge < -0.3 is 5.32 Å². The standard InChI is InChI=1S/C17H20ClN3OS/c18-17-15-4-2-1-3-14(15)16(10-20-17)23(22)21-8-7-13(11-21)19-9-12-5-6-12/h1-4,10,12-13,19H,5-9,11H2. The highest BCUT2D eigenvalue weighted by Gasteiger charge is 2.29. The Balaban J connectivity index is 1.52. The molecule has 1 N–H and O–H groups in total. The molecule has 1 aromatic carbocycles. The van der Waals surface area contributed by atoms with Gasteiger partial charge in [0.2, 0.25) is 0 Å². The Bertz CT molecular complexity index is 750. The molecule has 2 aliphatic rings. The number of rotatable bonds is 5. The van der Waals surface area contributed by atoms with Crippen molar-refractivity contribution in [2.75, 3.05) is 19.6 Å². The molecule has 122 valence electrons. The maximum atomic E-state index is 13.0.